The second-order valence-corrected chi connectivity index (χ2v) is 6.47. The van der Waals surface area contributed by atoms with Gasteiger partial charge in [0, 0.05) is 5.56 Å². The number of benzene rings is 2. The van der Waals surface area contributed by atoms with Crippen LogP contribution in [0.4, 0.5) is 0 Å². The average molecular weight is 366 g/mol. The highest BCUT2D eigenvalue weighted by molar-refractivity contribution is 7.89. The van der Waals surface area contributed by atoms with E-state index in [-0.39, 0.29) is 22.0 Å². The Hall–Kier alpha value is -2.78. The van der Waals surface area contributed by atoms with Crippen LogP contribution in [0.1, 0.15) is 10.4 Å². The van der Waals surface area contributed by atoms with Gasteiger partial charge in [0.05, 0.1) is 26.2 Å². The Kier molecular flexibility index (Phi) is 5.84. The Morgan fingerprint density at radius 1 is 0.920 bits per heavy atom. The van der Waals surface area contributed by atoms with Gasteiger partial charge in [0.2, 0.25) is 5.75 Å². The van der Waals surface area contributed by atoms with E-state index in [1.807, 2.05) is 4.83 Å². The number of amides is 1. The molecule has 134 valence electrons. The third-order valence-electron chi connectivity index (χ3n) is 3.28. The summed E-state index contributed by atoms with van der Waals surface area (Å²) in [6.45, 7) is 0. The van der Waals surface area contributed by atoms with E-state index in [1.165, 1.54) is 45.6 Å². The first-order valence-corrected chi connectivity index (χ1v) is 8.58. The minimum Gasteiger partial charge on any atom is -0.493 e. The van der Waals surface area contributed by atoms with Gasteiger partial charge < -0.3 is 14.2 Å². The first kappa shape index (κ1) is 18.6. The van der Waals surface area contributed by atoms with Crippen molar-refractivity contribution in [3.63, 3.8) is 0 Å². The van der Waals surface area contributed by atoms with Crippen LogP contribution in [-0.4, -0.2) is 35.7 Å². The fourth-order valence-corrected chi connectivity index (χ4v) is 2.92. The molecule has 0 aliphatic rings. The van der Waals surface area contributed by atoms with Crippen molar-refractivity contribution in [3.8, 4) is 17.2 Å². The molecular formula is C16H18N2O6S. The lowest BCUT2D eigenvalue weighted by molar-refractivity contribution is 0.0944. The molecule has 1 amide bonds. The maximum absolute atomic E-state index is 12.3. The Labute approximate surface area is 145 Å². The number of hydrogen-bond donors (Lipinski definition) is 2. The number of hydrogen-bond acceptors (Lipinski definition) is 6. The number of carbonyl (C=O) groups excluding carboxylic acids is 1. The second-order valence-electron chi connectivity index (χ2n) is 4.79. The maximum Gasteiger partial charge on any atom is 0.266 e. The molecule has 8 nitrogen and oxygen atoms in total. The summed E-state index contributed by atoms with van der Waals surface area (Å²) in [5, 5.41) is 0. The lowest BCUT2D eigenvalue weighted by atomic mass is 10.1. The molecule has 2 N–H and O–H groups in total. The molecule has 0 aliphatic heterocycles. The number of hydrazine groups is 1. The smallest absolute Gasteiger partial charge is 0.266 e. The molecule has 0 unspecified atom stereocenters. The number of sulfonamides is 1. The fourth-order valence-electron chi connectivity index (χ4n) is 2.06. The van der Waals surface area contributed by atoms with Crippen LogP contribution in [0.3, 0.4) is 0 Å². The molecule has 0 bridgehead atoms. The summed E-state index contributed by atoms with van der Waals surface area (Å²) >= 11 is 0. The quantitative estimate of drug-likeness (QED) is 0.717. The van der Waals surface area contributed by atoms with Crippen molar-refractivity contribution in [2.75, 3.05) is 21.3 Å². The van der Waals surface area contributed by atoms with Crippen LogP contribution in [0.2, 0.25) is 0 Å². The van der Waals surface area contributed by atoms with Gasteiger partial charge in [0.25, 0.3) is 15.9 Å². The zero-order valence-electron chi connectivity index (χ0n) is 13.9. The van der Waals surface area contributed by atoms with Crippen molar-refractivity contribution in [1.82, 2.24) is 10.3 Å². The molecule has 0 saturated heterocycles. The van der Waals surface area contributed by atoms with Crippen LogP contribution in [0.15, 0.2) is 47.4 Å². The normalized spacial score (nSPS) is 10.8. The van der Waals surface area contributed by atoms with Gasteiger partial charge in [-0.1, -0.05) is 18.2 Å². The zero-order valence-corrected chi connectivity index (χ0v) is 14.7. The van der Waals surface area contributed by atoms with Gasteiger partial charge in [-0.3, -0.25) is 10.2 Å². The minimum atomic E-state index is -3.88. The highest BCUT2D eigenvalue weighted by atomic mass is 32.2. The van der Waals surface area contributed by atoms with Crippen molar-refractivity contribution in [2.45, 2.75) is 4.90 Å². The van der Waals surface area contributed by atoms with E-state index in [9.17, 15) is 13.2 Å². The molecular weight excluding hydrogens is 348 g/mol. The summed E-state index contributed by atoms with van der Waals surface area (Å²) in [5.74, 6) is 0.195. The largest absolute Gasteiger partial charge is 0.493 e. The molecule has 0 atom stereocenters. The van der Waals surface area contributed by atoms with Crippen LogP contribution in [0.5, 0.6) is 17.2 Å². The maximum atomic E-state index is 12.3. The number of carbonyl (C=O) groups is 1. The Bertz CT molecular complexity index is 827. The van der Waals surface area contributed by atoms with Crippen LogP contribution in [0, 0.1) is 0 Å². The molecule has 0 aliphatic carbocycles. The third kappa shape index (κ3) is 4.20. The lowest BCUT2D eigenvalue weighted by Crippen LogP contribution is -2.41. The van der Waals surface area contributed by atoms with Crippen molar-refractivity contribution < 1.29 is 27.4 Å². The molecule has 0 spiro atoms. The zero-order chi connectivity index (χ0) is 18.4. The highest BCUT2D eigenvalue weighted by Gasteiger charge is 2.19. The summed E-state index contributed by atoms with van der Waals surface area (Å²) < 4.78 is 39.7. The predicted molar refractivity (Wildman–Crippen MR) is 90.3 cm³/mol. The highest BCUT2D eigenvalue weighted by Crippen LogP contribution is 2.38. The first-order chi connectivity index (χ1) is 11.9. The van der Waals surface area contributed by atoms with Gasteiger partial charge in [-0.2, -0.15) is 0 Å². The molecule has 25 heavy (non-hydrogen) atoms. The van der Waals surface area contributed by atoms with E-state index >= 15 is 0 Å². The standard InChI is InChI=1S/C16H18N2O6S/c1-22-13-9-11(10-14(23-2)15(13)24-3)16(19)17-18-25(20,21)12-7-5-4-6-8-12/h4-10,18H,1-3H3,(H,17,19). The van der Waals surface area contributed by atoms with Crippen LogP contribution >= 0.6 is 0 Å². The van der Waals surface area contributed by atoms with Crippen LogP contribution in [0.25, 0.3) is 0 Å². The number of ether oxygens (including phenoxy) is 3. The van der Waals surface area contributed by atoms with Gasteiger partial charge in [-0.25, -0.2) is 8.42 Å². The van der Waals surface area contributed by atoms with Gasteiger partial charge in [0.1, 0.15) is 0 Å². The lowest BCUT2D eigenvalue weighted by Gasteiger charge is -2.14. The number of rotatable bonds is 7. The fraction of sp³-hybridized carbons (Fsp3) is 0.188. The summed E-state index contributed by atoms with van der Waals surface area (Å²) in [7, 11) is 0.389. The molecule has 2 rings (SSSR count). The van der Waals surface area contributed by atoms with Crippen molar-refractivity contribution >= 4 is 15.9 Å². The third-order valence-corrected chi connectivity index (χ3v) is 4.54. The van der Waals surface area contributed by atoms with Crippen molar-refractivity contribution in [2.24, 2.45) is 0 Å². The monoisotopic (exact) mass is 366 g/mol. The molecule has 2 aromatic carbocycles. The molecule has 0 radical (unpaired) electrons. The molecule has 0 aromatic heterocycles. The molecule has 2 aromatic rings. The number of nitrogens with one attached hydrogen (secondary N) is 2. The molecule has 0 fully saturated rings. The molecule has 9 heteroatoms. The van der Waals surface area contributed by atoms with Crippen LogP contribution in [-0.2, 0) is 10.0 Å². The summed E-state index contributed by atoms with van der Waals surface area (Å²) in [4.78, 5) is 14.3. The summed E-state index contributed by atoms with van der Waals surface area (Å²) in [5.41, 5.74) is 2.28. The minimum absolute atomic E-state index is 0.0280. The summed E-state index contributed by atoms with van der Waals surface area (Å²) in [6.07, 6.45) is 0. The Morgan fingerprint density at radius 2 is 1.48 bits per heavy atom. The first-order valence-electron chi connectivity index (χ1n) is 7.10. The van der Waals surface area contributed by atoms with Gasteiger partial charge in [-0.15, -0.1) is 4.83 Å². The Balaban J connectivity index is 2.21. The molecule has 0 saturated carbocycles. The van der Waals surface area contributed by atoms with Gasteiger partial charge in [-0.05, 0) is 24.3 Å². The van der Waals surface area contributed by atoms with Gasteiger partial charge >= 0.3 is 0 Å². The second kappa shape index (κ2) is 7.86. The van der Waals surface area contributed by atoms with E-state index in [2.05, 4.69) is 5.43 Å². The van der Waals surface area contributed by atoms with E-state index in [4.69, 9.17) is 14.2 Å². The SMILES string of the molecule is COc1cc(C(=O)NNS(=O)(=O)c2ccccc2)cc(OC)c1OC. The van der Waals surface area contributed by atoms with E-state index < -0.39 is 15.9 Å². The van der Waals surface area contributed by atoms with Crippen molar-refractivity contribution in [3.05, 3.63) is 48.0 Å². The van der Waals surface area contributed by atoms with E-state index in [0.29, 0.717) is 5.75 Å². The van der Waals surface area contributed by atoms with Gasteiger partial charge in [0.15, 0.2) is 11.5 Å². The topological polar surface area (TPSA) is 103 Å². The Morgan fingerprint density at radius 3 is 1.96 bits per heavy atom. The van der Waals surface area contributed by atoms with Crippen LogP contribution < -0.4 is 24.5 Å². The summed E-state index contributed by atoms with van der Waals surface area (Å²) in [6, 6.07) is 10.5. The molecule has 0 heterocycles. The van der Waals surface area contributed by atoms with E-state index in [1.54, 1.807) is 18.2 Å². The number of methoxy groups -OCH3 is 3. The predicted octanol–water partition coefficient (Wildman–Crippen LogP) is 1.34. The van der Waals surface area contributed by atoms with E-state index in [0.717, 1.165) is 0 Å². The van der Waals surface area contributed by atoms with Crippen molar-refractivity contribution in [1.29, 1.82) is 0 Å². The average Bonchev–Trinajstić information content (AvgIpc) is 2.65.